The minimum absolute atomic E-state index is 0.0703. The van der Waals surface area contributed by atoms with Crippen LogP contribution in [-0.2, 0) is 19.6 Å². The van der Waals surface area contributed by atoms with Gasteiger partial charge in [-0.2, -0.15) is 0 Å². The number of carbonyl (C=O) groups excluding carboxylic acids is 1. The maximum Gasteiger partial charge on any atom is 0.306 e. The Bertz CT molecular complexity index is 426. The molecule has 0 bridgehead atoms. The number of hydrogen-bond donors (Lipinski definition) is 3. The second kappa shape index (κ2) is 6.85. The van der Waals surface area contributed by atoms with Crippen LogP contribution >= 0.6 is 0 Å². The Hall–Kier alpha value is -1.15. The lowest BCUT2D eigenvalue weighted by molar-refractivity contribution is -0.144. The number of nitrogens with one attached hydrogen (secondary N) is 2. The van der Waals surface area contributed by atoms with Gasteiger partial charge in [-0.05, 0) is 32.7 Å². The molecule has 0 aliphatic heterocycles. The van der Waals surface area contributed by atoms with Crippen molar-refractivity contribution in [3.8, 4) is 0 Å². The van der Waals surface area contributed by atoms with Crippen molar-refractivity contribution in [2.75, 3.05) is 19.3 Å². The molecule has 1 aliphatic carbocycles. The minimum atomic E-state index is -3.31. The van der Waals surface area contributed by atoms with Crippen molar-refractivity contribution < 1.29 is 23.1 Å². The molecule has 0 aromatic carbocycles. The molecule has 1 saturated carbocycles. The lowest BCUT2D eigenvalue weighted by Gasteiger charge is -2.25. The molecule has 0 aromatic rings. The number of carbonyl (C=O) groups is 2. The summed E-state index contributed by atoms with van der Waals surface area (Å²) >= 11 is 0. The van der Waals surface area contributed by atoms with Gasteiger partial charge >= 0.3 is 5.97 Å². The van der Waals surface area contributed by atoms with Crippen LogP contribution in [0.4, 0.5) is 0 Å². The van der Waals surface area contributed by atoms with Gasteiger partial charge in [0.25, 0.3) is 0 Å². The van der Waals surface area contributed by atoms with Crippen molar-refractivity contribution in [2.45, 2.75) is 25.7 Å². The average molecular weight is 292 g/mol. The second-order valence-electron chi connectivity index (χ2n) is 4.70. The number of rotatable bonds is 6. The van der Waals surface area contributed by atoms with Crippen molar-refractivity contribution >= 4 is 21.9 Å². The van der Waals surface area contributed by atoms with Crippen molar-refractivity contribution in [3.63, 3.8) is 0 Å². The van der Waals surface area contributed by atoms with Crippen LogP contribution in [0.3, 0.4) is 0 Å². The quantitative estimate of drug-likeness (QED) is 0.613. The summed E-state index contributed by atoms with van der Waals surface area (Å²) in [5.41, 5.74) is 0. The minimum Gasteiger partial charge on any atom is -0.481 e. The number of hydrogen-bond acceptors (Lipinski definition) is 4. The highest BCUT2D eigenvalue weighted by molar-refractivity contribution is 7.89. The molecule has 110 valence electrons. The highest BCUT2D eigenvalue weighted by Crippen LogP contribution is 2.28. The van der Waals surface area contributed by atoms with Gasteiger partial charge in [0.15, 0.2) is 0 Å². The van der Waals surface area contributed by atoms with Gasteiger partial charge in [-0.3, -0.25) is 9.59 Å². The molecule has 7 nitrogen and oxygen atoms in total. The number of sulfonamides is 1. The van der Waals surface area contributed by atoms with Crippen molar-refractivity contribution in [3.05, 3.63) is 0 Å². The molecule has 0 saturated heterocycles. The molecule has 3 N–H and O–H groups in total. The Kier molecular flexibility index (Phi) is 5.74. The first-order valence-corrected chi connectivity index (χ1v) is 7.92. The maximum atomic E-state index is 11.8. The van der Waals surface area contributed by atoms with Crippen LogP contribution in [0.1, 0.15) is 25.7 Å². The third kappa shape index (κ3) is 5.15. The van der Waals surface area contributed by atoms with E-state index in [9.17, 15) is 18.0 Å². The van der Waals surface area contributed by atoms with E-state index in [-0.39, 0.29) is 30.0 Å². The molecule has 1 fully saturated rings. The van der Waals surface area contributed by atoms with Crippen molar-refractivity contribution in [1.82, 2.24) is 10.0 Å². The first-order valence-electron chi connectivity index (χ1n) is 6.27. The van der Waals surface area contributed by atoms with Crippen LogP contribution < -0.4 is 10.0 Å². The second-order valence-corrected chi connectivity index (χ2v) is 6.75. The zero-order chi connectivity index (χ0) is 14.5. The lowest BCUT2D eigenvalue weighted by atomic mass is 9.81. The Morgan fingerprint density at radius 2 is 1.68 bits per heavy atom. The fraction of sp³-hybridized carbons (Fsp3) is 0.818. The largest absolute Gasteiger partial charge is 0.481 e. The summed E-state index contributed by atoms with van der Waals surface area (Å²) in [6, 6.07) is 0. The van der Waals surface area contributed by atoms with Crippen molar-refractivity contribution in [2.24, 2.45) is 11.8 Å². The number of carboxylic acid groups (broad SMARTS) is 1. The maximum absolute atomic E-state index is 11.8. The molecule has 1 rings (SSSR count). The monoisotopic (exact) mass is 292 g/mol. The molecule has 0 unspecified atom stereocenters. The zero-order valence-corrected chi connectivity index (χ0v) is 11.7. The average Bonchev–Trinajstić information content (AvgIpc) is 2.38. The van der Waals surface area contributed by atoms with E-state index in [0.717, 1.165) is 0 Å². The molecular weight excluding hydrogens is 272 g/mol. The van der Waals surface area contributed by atoms with Crippen LogP contribution in [0, 0.1) is 11.8 Å². The lowest BCUT2D eigenvalue weighted by Crippen LogP contribution is -2.38. The van der Waals surface area contributed by atoms with E-state index in [0.29, 0.717) is 25.7 Å². The smallest absolute Gasteiger partial charge is 0.306 e. The molecule has 0 aromatic heterocycles. The third-order valence-electron chi connectivity index (χ3n) is 3.43. The summed E-state index contributed by atoms with van der Waals surface area (Å²) in [5.74, 6) is -1.70. The first-order chi connectivity index (χ1) is 8.85. The molecule has 0 spiro atoms. The molecule has 0 atom stereocenters. The third-order valence-corrected chi connectivity index (χ3v) is 4.79. The highest BCUT2D eigenvalue weighted by Gasteiger charge is 2.29. The van der Waals surface area contributed by atoms with Crippen LogP contribution in [-0.4, -0.2) is 44.7 Å². The van der Waals surface area contributed by atoms with E-state index < -0.39 is 16.0 Å². The Balaban J connectivity index is 2.30. The summed E-state index contributed by atoms with van der Waals surface area (Å²) in [6.45, 7) is 0.0703. The zero-order valence-electron chi connectivity index (χ0n) is 10.9. The molecule has 8 heteroatoms. The number of aliphatic carboxylic acids is 1. The molecule has 0 radical (unpaired) electrons. The van der Waals surface area contributed by atoms with E-state index in [1.165, 1.54) is 7.05 Å². The van der Waals surface area contributed by atoms with Crippen LogP contribution in [0.25, 0.3) is 0 Å². The molecule has 0 heterocycles. The summed E-state index contributed by atoms with van der Waals surface area (Å²) in [6.07, 6.45) is 2.09. The van der Waals surface area contributed by atoms with Gasteiger partial charge in [-0.1, -0.05) is 0 Å². The van der Waals surface area contributed by atoms with Crippen LogP contribution in [0.2, 0.25) is 0 Å². The fourth-order valence-corrected chi connectivity index (χ4v) is 2.73. The van der Waals surface area contributed by atoms with Gasteiger partial charge in [0.1, 0.15) is 0 Å². The molecule has 1 aliphatic rings. The van der Waals surface area contributed by atoms with E-state index in [2.05, 4.69) is 10.0 Å². The molecular formula is C11H20N2O5S. The predicted molar refractivity (Wildman–Crippen MR) is 68.9 cm³/mol. The summed E-state index contributed by atoms with van der Waals surface area (Å²) in [5, 5.41) is 11.4. The van der Waals surface area contributed by atoms with Gasteiger partial charge in [0.05, 0.1) is 11.7 Å². The Morgan fingerprint density at radius 1 is 1.16 bits per heavy atom. The molecule has 1 amide bonds. The highest BCUT2D eigenvalue weighted by atomic mass is 32.2. The SMILES string of the molecule is CNS(=O)(=O)CCNC(=O)C1CCC(C(=O)O)CC1. The Morgan fingerprint density at radius 3 is 2.16 bits per heavy atom. The van der Waals surface area contributed by atoms with Gasteiger partial charge in [-0.25, -0.2) is 13.1 Å². The van der Waals surface area contributed by atoms with Gasteiger partial charge < -0.3 is 10.4 Å². The van der Waals surface area contributed by atoms with Gasteiger partial charge in [-0.15, -0.1) is 0 Å². The predicted octanol–water partition coefficient (Wildman–Crippen LogP) is -0.457. The van der Waals surface area contributed by atoms with Crippen LogP contribution in [0.15, 0.2) is 0 Å². The normalized spacial score (nSPS) is 23.8. The van der Waals surface area contributed by atoms with E-state index in [4.69, 9.17) is 5.11 Å². The summed E-state index contributed by atoms with van der Waals surface area (Å²) in [4.78, 5) is 22.5. The Labute approximate surface area is 112 Å². The van der Waals surface area contributed by atoms with Gasteiger partial charge in [0, 0.05) is 12.5 Å². The topological polar surface area (TPSA) is 113 Å². The van der Waals surface area contributed by atoms with E-state index in [1.807, 2.05) is 0 Å². The van der Waals surface area contributed by atoms with E-state index >= 15 is 0 Å². The first kappa shape index (κ1) is 15.9. The summed E-state index contributed by atoms with van der Waals surface area (Å²) in [7, 11) is -1.98. The standard InChI is InChI=1S/C11H20N2O5S/c1-12-19(17,18)7-6-13-10(14)8-2-4-9(5-3-8)11(15)16/h8-9,12H,2-7H2,1H3,(H,13,14)(H,15,16). The van der Waals surface area contributed by atoms with Gasteiger partial charge in [0.2, 0.25) is 15.9 Å². The number of amides is 1. The van der Waals surface area contributed by atoms with Crippen molar-refractivity contribution in [1.29, 1.82) is 0 Å². The fourth-order valence-electron chi connectivity index (χ4n) is 2.16. The molecule has 19 heavy (non-hydrogen) atoms. The van der Waals surface area contributed by atoms with Crippen LogP contribution in [0.5, 0.6) is 0 Å². The number of carboxylic acids is 1. The summed E-state index contributed by atoms with van der Waals surface area (Å²) < 4.78 is 24.5. The van der Waals surface area contributed by atoms with E-state index in [1.54, 1.807) is 0 Å².